The predicted octanol–water partition coefficient (Wildman–Crippen LogP) is 1.44. The molecule has 1 N–H and O–H groups in total. The van der Waals surface area contributed by atoms with E-state index in [2.05, 4.69) is 11.9 Å². The van der Waals surface area contributed by atoms with Crippen LogP contribution in [0.2, 0.25) is 0 Å². The summed E-state index contributed by atoms with van der Waals surface area (Å²) < 4.78 is 5.06. The first-order chi connectivity index (χ1) is 9.27. The number of ether oxygens (including phenoxy) is 1. The summed E-state index contributed by atoms with van der Waals surface area (Å²) in [7, 11) is 1.64. The van der Waals surface area contributed by atoms with E-state index in [1.807, 2.05) is 30.3 Å². The fourth-order valence-electron chi connectivity index (χ4n) is 1.69. The number of carbonyl (C=O) groups is 1. The number of nitrogens with one attached hydrogen (secondary N) is 1. The zero-order valence-electron chi connectivity index (χ0n) is 11.5. The maximum atomic E-state index is 12.1. The van der Waals surface area contributed by atoms with E-state index in [-0.39, 0.29) is 5.91 Å². The lowest BCUT2D eigenvalue weighted by Crippen LogP contribution is -2.39. The SMILES string of the molecule is C=CCNCC(=O)N(CCOC)Cc1ccccc1. The molecule has 0 radical (unpaired) electrons. The van der Waals surface area contributed by atoms with Gasteiger partial charge in [0.2, 0.25) is 5.91 Å². The monoisotopic (exact) mass is 262 g/mol. The summed E-state index contributed by atoms with van der Waals surface area (Å²) in [6.45, 7) is 6.32. The molecule has 0 bridgehead atoms. The van der Waals surface area contributed by atoms with Gasteiger partial charge in [-0.15, -0.1) is 6.58 Å². The smallest absolute Gasteiger partial charge is 0.236 e. The first kappa shape index (κ1) is 15.4. The molecule has 0 aliphatic rings. The van der Waals surface area contributed by atoms with Gasteiger partial charge >= 0.3 is 0 Å². The summed E-state index contributed by atoms with van der Waals surface area (Å²) in [5.41, 5.74) is 1.12. The molecular formula is C15H22N2O2. The van der Waals surface area contributed by atoms with Crippen LogP contribution in [0.15, 0.2) is 43.0 Å². The molecule has 0 aliphatic heterocycles. The highest BCUT2D eigenvalue weighted by Crippen LogP contribution is 2.04. The molecule has 0 saturated heterocycles. The van der Waals surface area contributed by atoms with Gasteiger partial charge in [-0.05, 0) is 5.56 Å². The highest BCUT2D eigenvalue weighted by Gasteiger charge is 2.12. The van der Waals surface area contributed by atoms with Crippen molar-refractivity contribution in [2.75, 3.05) is 33.4 Å². The minimum absolute atomic E-state index is 0.0720. The van der Waals surface area contributed by atoms with Gasteiger partial charge in [-0.3, -0.25) is 4.79 Å². The Bertz CT molecular complexity index is 379. The summed E-state index contributed by atoms with van der Waals surface area (Å²) in [6, 6.07) is 9.96. The quantitative estimate of drug-likeness (QED) is 0.541. The number of rotatable bonds is 9. The zero-order valence-corrected chi connectivity index (χ0v) is 11.5. The maximum absolute atomic E-state index is 12.1. The molecule has 19 heavy (non-hydrogen) atoms. The van der Waals surface area contributed by atoms with Crippen LogP contribution in [0.1, 0.15) is 5.56 Å². The predicted molar refractivity (Wildman–Crippen MR) is 76.8 cm³/mol. The van der Waals surface area contributed by atoms with Crippen molar-refractivity contribution in [1.29, 1.82) is 0 Å². The maximum Gasteiger partial charge on any atom is 0.236 e. The van der Waals surface area contributed by atoms with Crippen molar-refractivity contribution < 1.29 is 9.53 Å². The van der Waals surface area contributed by atoms with Gasteiger partial charge < -0.3 is 15.0 Å². The van der Waals surface area contributed by atoms with Gasteiger partial charge in [-0.1, -0.05) is 36.4 Å². The van der Waals surface area contributed by atoms with Gasteiger partial charge in [0.15, 0.2) is 0 Å². The number of hydrogen-bond acceptors (Lipinski definition) is 3. The second-order valence-electron chi connectivity index (χ2n) is 4.21. The lowest BCUT2D eigenvalue weighted by molar-refractivity contribution is -0.131. The van der Waals surface area contributed by atoms with Crippen LogP contribution >= 0.6 is 0 Å². The van der Waals surface area contributed by atoms with Crippen LogP contribution in [0.5, 0.6) is 0 Å². The molecule has 1 aromatic carbocycles. The summed E-state index contributed by atoms with van der Waals surface area (Å²) >= 11 is 0. The second kappa shape index (κ2) is 9.30. The third kappa shape index (κ3) is 6.18. The van der Waals surface area contributed by atoms with Crippen LogP contribution in [0.4, 0.5) is 0 Å². The highest BCUT2D eigenvalue weighted by molar-refractivity contribution is 5.78. The van der Waals surface area contributed by atoms with Crippen molar-refractivity contribution in [1.82, 2.24) is 10.2 Å². The minimum Gasteiger partial charge on any atom is -0.383 e. The summed E-state index contributed by atoms with van der Waals surface area (Å²) in [4.78, 5) is 13.9. The van der Waals surface area contributed by atoms with E-state index in [1.165, 1.54) is 0 Å². The Morgan fingerprint density at radius 3 is 2.79 bits per heavy atom. The average Bonchev–Trinajstić information content (AvgIpc) is 2.44. The van der Waals surface area contributed by atoms with Gasteiger partial charge in [-0.2, -0.15) is 0 Å². The molecule has 0 unspecified atom stereocenters. The number of carbonyl (C=O) groups excluding carboxylic acids is 1. The number of nitrogens with zero attached hydrogens (tertiary/aromatic N) is 1. The molecule has 0 saturated carbocycles. The Balaban J connectivity index is 2.55. The Morgan fingerprint density at radius 1 is 1.42 bits per heavy atom. The van der Waals surface area contributed by atoms with Crippen LogP contribution in [-0.2, 0) is 16.1 Å². The molecule has 0 aromatic heterocycles. The third-order valence-electron chi connectivity index (χ3n) is 2.70. The largest absolute Gasteiger partial charge is 0.383 e. The van der Waals surface area contributed by atoms with Gasteiger partial charge in [0.25, 0.3) is 0 Å². The van der Waals surface area contributed by atoms with Crippen molar-refractivity contribution in [2.45, 2.75) is 6.54 Å². The van der Waals surface area contributed by atoms with E-state index in [1.54, 1.807) is 18.1 Å². The van der Waals surface area contributed by atoms with Crippen LogP contribution in [0, 0.1) is 0 Å². The first-order valence-electron chi connectivity index (χ1n) is 6.40. The van der Waals surface area contributed by atoms with Gasteiger partial charge in [-0.25, -0.2) is 0 Å². The number of hydrogen-bond donors (Lipinski definition) is 1. The molecule has 0 aliphatic carbocycles. The van der Waals surface area contributed by atoms with Crippen molar-refractivity contribution in [2.24, 2.45) is 0 Å². The summed E-state index contributed by atoms with van der Waals surface area (Å²) in [5.74, 6) is 0.0720. The zero-order chi connectivity index (χ0) is 13.9. The Labute approximate surface area is 115 Å². The third-order valence-corrected chi connectivity index (χ3v) is 2.70. The van der Waals surface area contributed by atoms with Gasteiger partial charge in [0, 0.05) is 26.7 Å². The van der Waals surface area contributed by atoms with Crippen molar-refractivity contribution in [3.63, 3.8) is 0 Å². The highest BCUT2D eigenvalue weighted by atomic mass is 16.5. The van der Waals surface area contributed by atoms with E-state index in [9.17, 15) is 4.79 Å². The molecule has 0 spiro atoms. The molecule has 0 atom stereocenters. The van der Waals surface area contributed by atoms with Crippen LogP contribution in [-0.4, -0.2) is 44.2 Å². The minimum atomic E-state index is 0.0720. The second-order valence-corrected chi connectivity index (χ2v) is 4.21. The Morgan fingerprint density at radius 2 is 2.16 bits per heavy atom. The van der Waals surface area contributed by atoms with E-state index in [0.717, 1.165) is 5.56 Å². The normalized spacial score (nSPS) is 10.2. The summed E-state index contributed by atoms with van der Waals surface area (Å²) in [6.07, 6.45) is 1.74. The van der Waals surface area contributed by atoms with Gasteiger partial charge in [0.05, 0.1) is 13.2 Å². The molecule has 4 nitrogen and oxygen atoms in total. The number of benzene rings is 1. The van der Waals surface area contributed by atoms with Crippen molar-refractivity contribution in [3.05, 3.63) is 48.6 Å². The lowest BCUT2D eigenvalue weighted by atomic mass is 10.2. The molecule has 1 aromatic rings. The molecule has 4 heteroatoms. The van der Waals surface area contributed by atoms with E-state index in [0.29, 0.717) is 32.8 Å². The lowest BCUT2D eigenvalue weighted by Gasteiger charge is -2.22. The molecule has 0 fully saturated rings. The van der Waals surface area contributed by atoms with Crippen LogP contribution in [0.25, 0.3) is 0 Å². The average molecular weight is 262 g/mol. The van der Waals surface area contributed by atoms with Crippen LogP contribution < -0.4 is 5.32 Å². The van der Waals surface area contributed by atoms with Crippen molar-refractivity contribution >= 4 is 5.91 Å². The standard InChI is InChI=1S/C15H22N2O2/c1-3-9-16-12-15(18)17(10-11-19-2)13-14-7-5-4-6-8-14/h3-8,16H,1,9-13H2,2H3. The number of methoxy groups -OCH3 is 1. The topological polar surface area (TPSA) is 41.6 Å². The van der Waals surface area contributed by atoms with Crippen LogP contribution in [0.3, 0.4) is 0 Å². The van der Waals surface area contributed by atoms with E-state index < -0.39 is 0 Å². The first-order valence-corrected chi connectivity index (χ1v) is 6.40. The molecular weight excluding hydrogens is 240 g/mol. The Hall–Kier alpha value is -1.65. The summed E-state index contributed by atoms with van der Waals surface area (Å²) in [5, 5.41) is 3.03. The molecule has 0 heterocycles. The van der Waals surface area contributed by atoms with Crippen molar-refractivity contribution in [3.8, 4) is 0 Å². The molecule has 1 amide bonds. The fourth-order valence-corrected chi connectivity index (χ4v) is 1.69. The number of amides is 1. The van der Waals surface area contributed by atoms with E-state index in [4.69, 9.17) is 4.74 Å². The molecule has 1 rings (SSSR count). The Kier molecular flexibility index (Phi) is 7.54. The van der Waals surface area contributed by atoms with E-state index >= 15 is 0 Å². The fraction of sp³-hybridized carbons (Fsp3) is 0.400. The molecule has 104 valence electrons. The van der Waals surface area contributed by atoms with Gasteiger partial charge in [0.1, 0.15) is 0 Å².